The summed E-state index contributed by atoms with van der Waals surface area (Å²) < 4.78 is 57.5. The van der Waals surface area contributed by atoms with Crippen LogP contribution in [0.15, 0.2) is 18.2 Å². The lowest BCUT2D eigenvalue weighted by Gasteiger charge is -2.33. The topological polar surface area (TPSA) is 58.6 Å². The predicted octanol–water partition coefficient (Wildman–Crippen LogP) is 4.50. The van der Waals surface area contributed by atoms with Crippen LogP contribution in [0, 0.1) is 11.7 Å². The molecule has 0 bridgehead atoms. The Labute approximate surface area is 167 Å². The molecule has 1 fully saturated rings. The minimum absolute atomic E-state index is 0.0315. The van der Waals surface area contributed by atoms with E-state index in [4.69, 9.17) is 4.74 Å². The number of nitrogens with one attached hydrogen (secondary N) is 1. The highest BCUT2D eigenvalue weighted by molar-refractivity contribution is 5.76. The van der Waals surface area contributed by atoms with Crippen molar-refractivity contribution in [3.8, 4) is 0 Å². The molecule has 0 aromatic heterocycles. The lowest BCUT2D eigenvalue weighted by atomic mass is 9.93. The van der Waals surface area contributed by atoms with Crippen LogP contribution in [0.25, 0.3) is 0 Å². The van der Waals surface area contributed by atoms with Crippen molar-refractivity contribution in [2.75, 3.05) is 13.1 Å². The van der Waals surface area contributed by atoms with Crippen LogP contribution in [-0.4, -0.2) is 35.6 Å². The molecule has 0 atom stereocenters. The Kier molecular flexibility index (Phi) is 7.13. The number of nitrogens with zero attached hydrogens (tertiary/aromatic N) is 1. The number of hydrogen-bond acceptors (Lipinski definition) is 3. The number of rotatable bonds is 4. The van der Waals surface area contributed by atoms with Gasteiger partial charge >= 0.3 is 12.3 Å². The molecule has 2 rings (SSSR count). The van der Waals surface area contributed by atoms with Crippen LogP contribution in [0.2, 0.25) is 0 Å². The molecule has 1 heterocycles. The molecule has 0 aliphatic carbocycles. The zero-order valence-corrected chi connectivity index (χ0v) is 16.7. The quantitative estimate of drug-likeness (QED) is 0.733. The Balaban J connectivity index is 1.82. The van der Waals surface area contributed by atoms with Gasteiger partial charge in [0.25, 0.3) is 0 Å². The van der Waals surface area contributed by atoms with Crippen LogP contribution in [0.5, 0.6) is 0 Å². The average molecular weight is 418 g/mol. The van der Waals surface area contributed by atoms with Gasteiger partial charge in [-0.25, -0.2) is 9.18 Å². The molecule has 2 amide bonds. The highest BCUT2D eigenvalue weighted by Gasteiger charge is 2.34. The zero-order chi connectivity index (χ0) is 21.8. The molecule has 0 spiro atoms. The monoisotopic (exact) mass is 418 g/mol. The first-order valence-corrected chi connectivity index (χ1v) is 9.45. The van der Waals surface area contributed by atoms with Gasteiger partial charge in [0.2, 0.25) is 5.91 Å². The number of carbonyl (C=O) groups excluding carboxylic acids is 2. The van der Waals surface area contributed by atoms with Gasteiger partial charge in [0, 0.05) is 26.1 Å². The molecule has 1 saturated heterocycles. The van der Waals surface area contributed by atoms with Gasteiger partial charge in [-0.1, -0.05) is 6.07 Å². The van der Waals surface area contributed by atoms with E-state index in [2.05, 4.69) is 5.32 Å². The number of hydrogen-bond donors (Lipinski definition) is 1. The van der Waals surface area contributed by atoms with Gasteiger partial charge in [-0.15, -0.1) is 0 Å². The molecule has 0 radical (unpaired) electrons. The number of amides is 2. The van der Waals surface area contributed by atoms with Crippen molar-refractivity contribution < 1.29 is 31.9 Å². The van der Waals surface area contributed by atoms with Gasteiger partial charge < -0.3 is 15.0 Å². The number of benzene rings is 1. The molecule has 1 N–H and O–H groups in total. The van der Waals surface area contributed by atoms with E-state index in [1.165, 1.54) is 0 Å². The summed E-state index contributed by atoms with van der Waals surface area (Å²) in [6.07, 6.45) is -3.72. The van der Waals surface area contributed by atoms with Crippen molar-refractivity contribution in [2.24, 2.45) is 5.92 Å². The molecule has 1 aliphatic rings. The standard InChI is InChI=1S/C20H26F4N2O3/c1-19(2,3)29-18(28)26-8-6-13(7-9-26)10-17(27)25-12-14-4-5-15(21)11-16(14)20(22,23)24/h4-5,11,13H,6-10,12H2,1-3H3,(H,25,27). The van der Waals surface area contributed by atoms with Gasteiger partial charge in [-0.2, -0.15) is 13.2 Å². The van der Waals surface area contributed by atoms with Crippen molar-refractivity contribution in [1.29, 1.82) is 0 Å². The number of alkyl halides is 3. The van der Waals surface area contributed by atoms with Crippen LogP contribution in [0.1, 0.15) is 51.2 Å². The molecule has 1 aromatic carbocycles. The molecular weight excluding hydrogens is 392 g/mol. The maximum absolute atomic E-state index is 13.1. The van der Waals surface area contributed by atoms with E-state index in [0.717, 1.165) is 12.1 Å². The largest absolute Gasteiger partial charge is 0.444 e. The third-order valence-corrected chi connectivity index (χ3v) is 4.59. The van der Waals surface area contributed by atoms with E-state index in [-0.39, 0.29) is 30.4 Å². The first-order chi connectivity index (χ1) is 13.3. The third kappa shape index (κ3) is 7.21. The van der Waals surface area contributed by atoms with Crippen molar-refractivity contribution in [3.63, 3.8) is 0 Å². The summed E-state index contributed by atoms with van der Waals surface area (Å²) in [6, 6.07) is 2.38. The summed E-state index contributed by atoms with van der Waals surface area (Å²) in [5.74, 6) is -1.33. The minimum Gasteiger partial charge on any atom is -0.444 e. The summed E-state index contributed by atoms with van der Waals surface area (Å²) in [7, 11) is 0. The van der Waals surface area contributed by atoms with Crippen molar-refractivity contribution in [3.05, 3.63) is 35.1 Å². The Morgan fingerprint density at radius 1 is 1.17 bits per heavy atom. The van der Waals surface area contributed by atoms with E-state index in [1.54, 1.807) is 25.7 Å². The number of ether oxygens (including phenoxy) is 1. The Morgan fingerprint density at radius 2 is 1.79 bits per heavy atom. The Hall–Kier alpha value is -2.32. The third-order valence-electron chi connectivity index (χ3n) is 4.59. The van der Waals surface area contributed by atoms with E-state index in [0.29, 0.717) is 32.0 Å². The van der Waals surface area contributed by atoms with Gasteiger partial charge in [0.1, 0.15) is 11.4 Å². The van der Waals surface area contributed by atoms with E-state index >= 15 is 0 Å². The van der Waals surface area contributed by atoms with Crippen molar-refractivity contribution in [1.82, 2.24) is 10.2 Å². The SMILES string of the molecule is CC(C)(C)OC(=O)N1CCC(CC(=O)NCc2ccc(F)cc2C(F)(F)F)CC1. The predicted molar refractivity (Wildman–Crippen MR) is 98.4 cm³/mol. The van der Waals surface area contributed by atoms with Crippen molar-refractivity contribution >= 4 is 12.0 Å². The van der Waals surface area contributed by atoms with E-state index < -0.39 is 29.3 Å². The van der Waals surface area contributed by atoms with Crippen LogP contribution >= 0.6 is 0 Å². The molecule has 9 heteroatoms. The minimum atomic E-state index is -4.70. The number of likely N-dealkylation sites (tertiary alicyclic amines) is 1. The molecule has 5 nitrogen and oxygen atoms in total. The molecule has 1 aliphatic heterocycles. The first-order valence-electron chi connectivity index (χ1n) is 9.45. The summed E-state index contributed by atoms with van der Waals surface area (Å²) >= 11 is 0. The fraction of sp³-hybridized carbons (Fsp3) is 0.600. The molecule has 0 saturated carbocycles. The molecule has 162 valence electrons. The van der Waals surface area contributed by atoms with Gasteiger partial charge in [-0.05, 0) is 57.2 Å². The zero-order valence-electron chi connectivity index (χ0n) is 16.7. The second kappa shape index (κ2) is 9.00. The molecular formula is C20H26F4N2O3. The van der Waals surface area contributed by atoms with Crippen LogP contribution in [0.4, 0.5) is 22.4 Å². The second-order valence-corrected chi connectivity index (χ2v) is 8.19. The summed E-state index contributed by atoms with van der Waals surface area (Å²) in [5, 5.41) is 2.48. The highest BCUT2D eigenvalue weighted by Crippen LogP contribution is 2.32. The van der Waals surface area contributed by atoms with Crippen LogP contribution < -0.4 is 5.32 Å². The maximum Gasteiger partial charge on any atom is 0.416 e. The van der Waals surface area contributed by atoms with Crippen LogP contribution in [0.3, 0.4) is 0 Å². The molecule has 1 aromatic rings. The fourth-order valence-electron chi connectivity index (χ4n) is 3.14. The maximum atomic E-state index is 13.1. The van der Waals surface area contributed by atoms with Crippen molar-refractivity contribution in [2.45, 2.75) is 58.4 Å². The van der Waals surface area contributed by atoms with Gasteiger partial charge in [-0.3, -0.25) is 4.79 Å². The Bertz CT molecular complexity index is 736. The molecule has 0 unspecified atom stereocenters. The number of halogens is 4. The van der Waals surface area contributed by atoms with E-state index in [9.17, 15) is 27.2 Å². The fourth-order valence-corrected chi connectivity index (χ4v) is 3.14. The van der Waals surface area contributed by atoms with Crippen LogP contribution in [-0.2, 0) is 22.3 Å². The summed E-state index contributed by atoms with van der Waals surface area (Å²) in [6.45, 7) is 5.95. The van der Waals surface area contributed by atoms with Gasteiger partial charge in [0.15, 0.2) is 0 Å². The average Bonchev–Trinajstić information content (AvgIpc) is 2.59. The van der Waals surface area contributed by atoms with Gasteiger partial charge in [0.05, 0.1) is 5.56 Å². The normalized spacial score (nSPS) is 15.9. The number of carbonyl (C=O) groups is 2. The second-order valence-electron chi connectivity index (χ2n) is 8.19. The lowest BCUT2D eigenvalue weighted by Crippen LogP contribution is -2.42. The summed E-state index contributed by atoms with van der Waals surface area (Å²) in [4.78, 5) is 25.8. The highest BCUT2D eigenvalue weighted by atomic mass is 19.4. The first kappa shape index (κ1) is 23.0. The lowest BCUT2D eigenvalue weighted by molar-refractivity contribution is -0.138. The summed E-state index contributed by atoms with van der Waals surface area (Å²) in [5.41, 5.74) is -1.86. The smallest absolute Gasteiger partial charge is 0.416 e. The van der Waals surface area contributed by atoms with E-state index in [1.807, 2.05) is 0 Å². The molecule has 29 heavy (non-hydrogen) atoms. The number of piperidine rings is 1. The Morgan fingerprint density at radius 3 is 2.34 bits per heavy atom.